The molecule has 1 heterocycles. The van der Waals surface area contributed by atoms with Crippen molar-refractivity contribution in [2.24, 2.45) is 0 Å². The highest BCUT2D eigenvalue weighted by molar-refractivity contribution is 6.42. The van der Waals surface area contributed by atoms with E-state index in [0.29, 0.717) is 29.6 Å². The zero-order chi connectivity index (χ0) is 16.5. The first kappa shape index (κ1) is 17.1. The smallest absolute Gasteiger partial charge is 0.410 e. The van der Waals surface area contributed by atoms with Gasteiger partial charge in [0.2, 0.25) is 0 Å². The number of rotatable bonds is 1. The Morgan fingerprint density at radius 3 is 2.55 bits per heavy atom. The fraction of sp³-hybridized carbons (Fsp3) is 0.500. The van der Waals surface area contributed by atoms with Gasteiger partial charge >= 0.3 is 6.09 Å². The van der Waals surface area contributed by atoms with Crippen LogP contribution in [0.2, 0.25) is 10.0 Å². The average molecular weight is 344 g/mol. The summed E-state index contributed by atoms with van der Waals surface area (Å²) in [5.74, 6) is -0.297. The van der Waals surface area contributed by atoms with Crippen LogP contribution in [0.15, 0.2) is 18.2 Å². The van der Waals surface area contributed by atoms with E-state index in [1.54, 1.807) is 23.1 Å². The molecule has 1 saturated heterocycles. The van der Waals surface area contributed by atoms with Crippen LogP contribution in [0, 0.1) is 0 Å². The monoisotopic (exact) mass is 343 g/mol. The van der Waals surface area contributed by atoms with Gasteiger partial charge in [0.15, 0.2) is 0 Å². The van der Waals surface area contributed by atoms with Crippen molar-refractivity contribution in [1.29, 1.82) is 0 Å². The molecule has 0 spiro atoms. The quantitative estimate of drug-likeness (QED) is 0.764. The van der Waals surface area contributed by atoms with Gasteiger partial charge in [-0.3, -0.25) is 4.79 Å². The summed E-state index contributed by atoms with van der Waals surface area (Å²) in [6.45, 7) is 6.13. The Morgan fingerprint density at radius 2 is 1.95 bits per heavy atom. The van der Waals surface area contributed by atoms with Crippen LogP contribution in [0.4, 0.5) is 4.79 Å². The van der Waals surface area contributed by atoms with Gasteiger partial charge < -0.3 is 9.64 Å². The summed E-state index contributed by atoms with van der Waals surface area (Å²) in [6.07, 6.45) is -0.0884. The molecule has 120 valence electrons. The van der Waals surface area contributed by atoms with Gasteiger partial charge in [0, 0.05) is 19.5 Å². The maximum Gasteiger partial charge on any atom is 0.410 e. The largest absolute Gasteiger partial charge is 0.444 e. The number of Topliss-reactive ketones (excluding diaryl/α,β-unsaturated/α-hetero) is 1. The Hall–Kier alpha value is -1.26. The summed E-state index contributed by atoms with van der Waals surface area (Å²) in [4.78, 5) is 25.9. The Labute approximate surface area is 140 Å². The van der Waals surface area contributed by atoms with Gasteiger partial charge in [0.1, 0.15) is 11.4 Å². The number of carbonyl (C=O) groups is 2. The fourth-order valence-electron chi connectivity index (χ4n) is 2.35. The Kier molecular flexibility index (Phi) is 5.03. The number of carbonyl (C=O) groups excluding carboxylic acids is 2. The highest BCUT2D eigenvalue weighted by Gasteiger charge is 2.33. The molecule has 1 unspecified atom stereocenters. The van der Waals surface area contributed by atoms with E-state index in [9.17, 15) is 9.59 Å². The van der Waals surface area contributed by atoms with E-state index in [1.807, 2.05) is 20.8 Å². The number of piperidine rings is 1. The summed E-state index contributed by atoms with van der Waals surface area (Å²) in [5, 5.41) is 0.846. The molecular formula is C16H19Cl2NO3. The third-order valence-corrected chi connectivity index (χ3v) is 4.16. The van der Waals surface area contributed by atoms with E-state index >= 15 is 0 Å². The molecule has 1 aliphatic rings. The second-order valence-corrected chi connectivity index (χ2v) is 7.18. The fourth-order valence-corrected chi connectivity index (χ4v) is 2.65. The molecular weight excluding hydrogens is 325 g/mol. The normalized spacial score (nSPS) is 19.2. The molecule has 6 heteroatoms. The molecule has 0 radical (unpaired) electrons. The molecule has 2 rings (SSSR count). The highest BCUT2D eigenvalue weighted by atomic mass is 35.5. The predicted molar refractivity (Wildman–Crippen MR) is 86.6 cm³/mol. The van der Waals surface area contributed by atoms with Gasteiger partial charge in [-0.15, -0.1) is 0 Å². The number of amides is 1. The van der Waals surface area contributed by atoms with Crippen LogP contribution >= 0.6 is 23.2 Å². The molecule has 0 aliphatic carbocycles. The molecule has 0 saturated carbocycles. The minimum absolute atomic E-state index is 0.0956. The van der Waals surface area contributed by atoms with Gasteiger partial charge in [-0.05, 0) is 38.5 Å². The molecule has 4 nitrogen and oxygen atoms in total. The number of nitrogens with zero attached hydrogens (tertiary/aromatic N) is 1. The molecule has 1 fully saturated rings. The number of ketones is 1. The van der Waals surface area contributed by atoms with Gasteiger partial charge in [0.05, 0.1) is 16.0 Å². The maximum absolute atomic E-state index is 12.2. The lowest BCUT2D eigenvalue weighted by Crippen LogP contribution is -2.45. The molecule has 0 bridgehead atoms. The molecule has 1 aromatic rings. The number of likely N-dealkylation sites (tertiary alicyclic amines) is 1. The SMILES string of the molecule is CC(C)(C)OC(=O)N1CCC(=O)C(c2ccc(Cl)c(Cl)c2)C1. The third kappa shape index (κ3) is 4.14. The van der Waals surface area contributed by atoms with Crippen molar-refractivity contribution < 1.29 is 14.3 Å². The molecule has 1 aromatic carbocycles. The molecule has 1 aliphatic heterocycles. The van der Waals surface area contributed by atoms with E-state index in [4.69, 9.17) is 27.9 Å². The number of benzene rings is 1. The number of halogens is 2. The maximum atomic E-state index is 12.2. The summed E-state index contributed by atoms with van der Waals surface area (Å²) in [5.41, 5.74) is 0.213. The van der Waals surface area contributed by atoms with Crippen molar-refractivity contribution in [3.05, 3.63) is 33.8 Å². The average Bonchev–Trinajstić information content (AvgIpc) is 2.40. The molecule has 22 heavy (non-hydrogen) atoms. The van der Waals surface area contributed by atoms with Gasteiger partial charge in [0.25, 0.3) is 0 Å². The highest BCUT2D eigenvalue weighted by Crippen LogP contribution is 2.30. The summed E-state index contributed by atoms with van der Waals surface area (Å²) >= 11 is 11.9. The van der Waals surface area contributed by atoms with Crippen molar-refractivity contribution >= 4 is 35.1 Å². The lowest BCUT2D eigenvalue weighted by molar-refractivity contribution is -0.123. The van der Waals surface area contributed by atoms with Crippen LogP contribution < -0.4 is 0 Å². The van der Waals surface area contributed by atoms with E-state index in [1.165, 1.54) is 0 Å². The van der Waals surface area contributed by atoms with Crippen molar-refractivity contribution in [2.45, 2.75) is 38.7 Å². The number of hydrogen-bond donors (Lipinski definition) is 0. The lowest BCUT2D eigenvalue weighted by atomic mass is 9.89. The van der Waals surface area contributed by atoms with Crippen molar-refractivity contribution in [2.75, 3.05) is 13.1 Å². The van der Waals surface area contributed by atoms with E-state index in [2.05, 4.69) is 0 Å². The Morgan fingerprint density at radius 1 is 1.27 bits per heavy atom. The van der Waals surface area contributed by atoms with Crippen molar-refractivity contribution in [3.8, 4) is 0 Å². The first-order chi connectivity index (χ1) is 10.2. The van der Waals surface area contributed by atoms with Crippen LogP contribution in [0.3, 0.4) is 0 Å². The van der Waals surface area contributed by atoms with Gasteiger partial charge in [-0.25, -0.2) is 4.79 Å². The first-order valence-corrected chi connectivity index (χ1v) is 7.88. The van der Waals surface area contributed by atoms with E-state index in [-0.39, 0.29) is 5.78 Å². The summed E-state index contributed by atoms with van der Waals surface area (Å²) in [7, 11) is 0. The summed E-state index contributed by atoms with van der Waals surface area (Å²) < 4.78 is 5.37. The van der Waals surface area contributed by atoms with Gasteiger partial charge in [-0.2, -0.15) is 0 Å². The van der Waals surface area contributed by atoms with Crippen molar-refractivity contribution in [3.63, 3.8) is 0 Å². The van der Waals surface area contributed by atoms with E-state index in [0.717, 1.165) is 5.56 Å². The van der Waals surface area contributed by atoms with Crippen LogP contribution in [-0.4, -0.2) is 35.5 Å². The topological polar surface area (TPSA) is 46.6 Å². The van der Waals surface area contributed by atoms with Crippen LogP contribution in [-0.2, 0) is 9.53 Å². The number of hydrogen-bond acceptors (Lipinski definition) is 3. The van der Waals surface area contributed by atoms with Crippen LogP contribution in [0.5, 0.6) is 0 Å². The minimum atomic E-state index is -0.558. The zero-order valence-electron chi connectivity index (χ0n) is 12.9. The van der Waals surface area contributed by atoms with E-state index < -0.39 is 17.6 Å². The second kappa shape index (κ2) is 6.47. The molecule has 0 aromatic heterocycles. The molecule has 1 atom stereocenters. The predicted octanol–water partition coefficient (Wildman–Crippen LogP) is 4.29. The standard InChI is InChI=1S/C16H19Cl2NO3/c1-16(2,3)22-15(21)19-7-6-14(20)11(9-19)10-4-5-12(17)13(18)8-10/h4-5,8,11H,6-7,9H2,1-3H3. The Bertz CT molecular complexity index is 596. The Balaban J connectivity index is 2.16. The van der Waals surface area contributed by atoms with Crippen molar-refractivity contribution in [1.82, 2.24) is 4.90 Å². The van der Waals surface area contributed by atoms with Crippen LogP contribution in [0.25, 0.3) is 0 Å². The second-order valence-electron chi connectivity index (χ2n) is 6.37. The lowest BCUT2D eigenvalue weighted by Gasteiger charge is -2.33. The molecule has 1 amide bonds. The number of ether oxygens (including phenoxy) is 1. The van der Waals surface area contributed by atoms with Crippen LogP contribution in [0.1, 0.15) is 38.7 Å². The molecule has 0 N–H and O–H groups in total. The minimum Gasteiger partial charge on any atom is -0.444 e. The van der Waals surface area contributed by atoms with Gasteiger partial charge in [-0.1, -0.05) is 29.3 Å². The zero-order valence-corrected chi connectivity index (χ0v) is 14.4. The first-order valence-electron chi connectivity index (χ1n) is 7.13. The third-order valence-electron chi connectivity index (χ3n) is 3.42. The summed E-state index contributed by atoms with van der Waals surface area (Å²) in [6, 6.07) is 5.12.